The summed E-state index contributed by atoms with van der Waals surface area (Å²) in [6.45, 7) is 6.63. The van der Waals surface area contributed by atoms with Gasteiger partial charge < -0.3 is 14.2 Å². The molecule has 6 heteroatoms. The van der Waals surface area contributed by atoms with Crippen LogP contribution in [0.15, 0.2) is 71.3 Å². The van der Waals surface area contributed by atoms with Gasteiger partial charge in [0, 0.05) is 45.7 Å². The number of rotatable bonds is 4. The molecule has 1 fully saturated rings. The van der Waals surface area contributed by atoms with E-state index in [1.807, 2.05) is 23.1 Å². The quantitative estimate of drug-likeness (QED) is 0.597. The van der Waals surface area contributed by atoms with Crippen molar-refractivity contribution in [2.24, 2.45) is 0 Å². The van der Waals surface area contributed by atoms with Crippen LogP contribution >= 0.6 is 0 Å². The van der Waals surface area contributed by atoms with Gasteiger partial charge in [-0.1, -0.05) is 48.5 Å². The summed E-state index contributed by atoms with van der Waals surface area (Å²) in [5.74, 6) is 0.0819. The lowest BCUT2D eigenvalue weighted by Gasteiger charge is -2.38. The van der Waals surface area contributed by atoms with Crippen molar-refractivity contribution in [2.45, 2.75) is 38.9 Å². The van der Waals surface area contributed by atoms with E-state index in [0.29, 0.717) is 26.1 Å². The van der Waals surface area contributed by atoms with Crippen molar-refractivity contribution in [3.05, 3.63) is 94.9 Å². The van der Waals surface area contributed by atoms with Crippen LogP contribution < -0.4 is 0 Å². The second-order valence-electron chi connectivity index (χ2n) is 9.28. The number of fused-ring (bicyclic) bond motifs is 1. The number of carbonyl (C=O) groups excluding carboxylic acids is 2. The molecular formula is C28H31N3O3. The fourth-order valence-corrected chi connectivity index (χ4v) is 5.09. The lowest BCUT2D eigenvalue weighted by atomic mass is 9.92. The average molecular weight is 458 g/mol. The molecule has 0 bridgehead atoms. The zero-order valence-corrected chi connectivity index (χ0v) is 19.7. The molecule has 0 saturated carbocycles. The summed E-state index contributed by atoms with van der Waals surface area (Å²) < 4.78 is 5.39. The van der Waals surface area contributed by atoms with Gasteiger partial charge in [-0.25, -0.2) is 0 Å². The first-order chi connectivity index (χ1) is 16.6. The highest BCUT2D eigenvalue weighted by molar-refractivity contribution is 5.96. The highest BCUT2D eigenvalue weighted by Gasteiger charge is 2.38. The Labute approximate surface area is 200 Å². The van der Waals surface area contributed by atoms with Gasteiger partial charge in [0.2, 0.25) is 5.91 Å². The third-order valence-corrected chi connectivity index (χ3v) is 7.08. The first-order valence-corrected chi connectivity index (χ1v) is 12.1. The standard InChI is InChI=1S/C28H31N3O3/c1-21-8-2-3-10-23(21)19-29-13-7-14-30(16-15-29)27(32)25-18-22-9-4-5-11-24(22)20-31(25)28(33)26-12-6-17-34-26/h2-6,8-12,17,25H,7,13-16,18-20H2,1H3. The summed E-state index contributed by atoms with van der Waals surface area (Å²) in [7, 11) is 0. The summed E-state index contributed by atoms with van der Waals surface area (Å²) in [4.78, 5) is 33.2. The van der Waals surface area contributed by atoms with Crippen LogP contribution in [0.25, 0.3) is 0 Å². The fraction of sp³-hybridized carbons (Fsp3) is 0.357. The van der Waals surface area contributed by atoms with E-state index >= 15 is 0 Å². The predicted molar refractivity (Wildman–Crippen MR) is 130 cm³/mol. The first-order valence-electron chi connectivity index (χ1n) is 12.1. The Hall–Kier alpha value is -3.38. The van der Waals surface area contributed by atoms with Crippen molar-refractivity contribution < 1.29 is 14.0 Å². The third kappa shape index (κ3) is 4.64. The van der Waals surface area contributed by atoms with Crippen LogP contribution in [-0.2, 0) is 24.3 Å². The van der Waals surface area contributed by atoms with Gasteiger partial charge in [0.1, 0.15) is 6.04 Å². The molecule has 2 aliphatic rings. The van der Waals surface area contributed by atoms with Crippen molar-refractivity contribution in [3.63, 3.8) is 0 Å². The summed E-state index contributed by atoms with van der Waals surface area (Å²) in [6.07, 6.45) is 2.96. The summed E-state index contributed by atoms with van der Waals surface area (Å²) in [6, 6.07) is 19.4. The minimum absolute atomic E-state index is 0.0344. The zero-order chi connectivity index (χ0) is 23.5. The van der Waals surface area contributed by atoms with Crippen molar-refractivity contribution in [1.29, 1.82) is 0 Å². The molecule has 2 amide bonds. The maximum absolute atomic E-state index is 13.8. The number of amides is 2. The topological polar surface area (TPSA) is 57.0 Å². The summed E-state index contributed by atoms with van der Waals surface area (Å²) >= 11 is 0. The molecule has 0 N–H and O–H groups in total. The Morgan fingerprint density at radius 2 is 1.71 bits per heavy atom. The molecule has 1 unspecified atom stereocenters. The number of nitrogens with zero attached hydrogens (tertiary/aromatic N) is 3. The average Bonchev–Trinajstić information content (AvgIpc) is 3.30. The number of aryl methyl sites for hydroxylation is 1. The van der Waals surface area contributed by atoms with Gasteiger partial charge in [-0.2, -0.15) is 0 Å². The zero-order valence-electron chi connectivity index (χ0n) is 19.7. The lowest BCUT2D eigenvalue weighted by molar-refractivity contribution is -0.136. The molecular weight excluding hydrogens is 426 g/mol. The minimum Gasteiger partial charge on any atom is -0.459 e. The molecule has 2 aromatic carbocycles. The lowest BCUT2D eigenvalue weighted by Crippen LogP contribution is -2.54. The number of furan rings is 1. The van der Waals surface area contributed by atoms with E-state index in [4.69, 9.17) is 4.42 Å². The van der Waals surface area contributed by atoms with Crippen molar-refractivity contribution in [3.8, 4) is 0 Å². The minimum atomic E-state index is -0.518. The SMILES string of the molecule is Cc1ccccc1CN1CCCN(C(=O)C2Cc3ccccc3CN2C(=O)c2ccco2)CC1. The van der Waals surface area contributed by atoms with E-state index in [2.05, 4.69) is 42.2 Å². The number of hydrogen-bond acceptors (Lipinski definition) is 4. The van der Waals surface area contributed by atoms with Gasteiger partial charge in [0.25, 0.3) is 5.91 Å². The monoisotopic (exact) mass is 457 g/mol. The molecule has 0 spiro atoms. The van der Waals surface area contributed by atoms with Gasteiger partial charge in [0.15, 0.2) is 5.76 Å². The van der Waals surface area contributed by atoms with Crippen LogP contribution in [-0.4, -0.2) is 58.7 Å². The Bertz CT molecular complexity index is 1160. The molecule has 6 nitrogen and oxygen atoms in total. The van der Waals surface area contributed by atoms with Crippen molar-refractivity contribution in [2.75, 3.05) is 26.2 Å². The van der Waals surface area contributed by atoms with Crippen molar-refractivity contribution >= 4 is 11.8 Å². The molecule has 2 aliphatic heterocycles. The normalized spacial score (nSPS) is 18.9. The Kier molecular flexibility index (Phi) is 6.50. The van der Waals surface area contributed by atoms with Crippen LogP contribution in [0.4, 0.5) is 0 Å². The smallest absolute Gasteiger partial charge is 0.290 e. The van der Waals surface area contributed by atoms with Crippen LogP contribution in [0, 0.1) is 6.92 Å². The van der Waals surface area contributed by atoms with Crippen LogP contribution in [0.5, 0.6) is 0 Å². The predicted octanol–water partition coefficient (Wildman–Crippen LogP) is 3.89. The van der Waals surface area contributed by atoms with Crippen LogP contribution in [0.2, 0.25) is 0 Å². The molecule has 1 saturated heterocycles. The second-order valence-corrected chi connectivity index (χ2v) is 9.28. The maximum atomic E-state index is 13.8. The second kappa shape index (κ2) is 9.85. The molecule has 1 atom stereocenters. The van der Waals surface area contributed by atoms with E-state index in [1.54, 1.807) is 17.0 Å². The summed E-state index contributed by atoms with van der Waals surface area (Å²) in [5, 5.41) is 0. The van der Waals surface area contributed by atoms with E-state index in [1.165, 1.54) is 17.4 Å². The highest BCUT2D eigenvalue weighted by atomic mass is 16.3. The van der Waals surface area contributed by atoms with E-state index < -0.39 is 6.04 Å². The number of carbonyl (C=O) groups is 2. The molecule has 3 aromatic rings. The van der Waals surface area contributed by atoms with Gasteiger partial charge in [0.05, 0.1) is 6.26 Å². The maximum Gasteiger partial charge on any atom is 0.290 e. The van der Waals surface area contributed by atoms with Gasteiger partial charge in [-0.05, 0) is 47.7 Å². The van der Waals surface area contributed by atoms with Gasteiger partial charge in [-0.15, -0.1) is 0 Å². The molecule has 0 aliphatic carbocycles. The van der Waals surface area contributed by atoms with Gasteiger partial charge in [-0.3, -0.25) is 14.5 Å². The Balaban J connectivity index is 1.32. The van der Waals surface area contributed by atoms with E-state index in [0.717, 1.165) is 37.2 Å². The highest BCUT2D eigenvalue weighted by Crippen LogP contribution is 2.27. The Morgan fingerprint density at radius 1 is 0.912 bits per heavy atom. The molecule has 5 rings (SSSR count). The molecule has 34 heavy (non-hydrogen) atoms. The number of benzene rings is 2. The molecule has 176 valence electrons. The fourth-order valence-electron chi connectivity index (χ4n) is 5.09. The first kappa shape index (κ1) is 22.4. The number of hydrogen-bond donors (Lipinski definition) is 0. The van der Waals surface area contributed by atoms with Crippen molar-refractivity contribution in [1.82, 2.24) is 14.7 Å². The van der Waals surface area contributed by atoms with E-state index in [-0.39, 0.29) is 17.6 Å². The largest absolute Gasteiger partial charge is 0.459 e. The molecule has 3 heterocycles. The van der Waals surface area contributed by atoms with Gasteiger partial charge >= 0.3 is 0 Å². The Morgan fingerprint density at radius 3 is 2.50 bits per heavy atom. The molecule has 1 aromatic heterocycles. The summed E-state index contributed by atoms with van der Waals surface area (Å²) in [5.41, 5.74) is 4.86. The van der Waals surface area contributed by atoms with Crippen LogP contribution in [0.3, 0.4) is 0 Å². The third-order valence-electron chi connectivity index (χ3n) is 7.08. The van der Waals surface area contributed by atoms with E-state index in [9.17, 15) is 9.59 Å². The van der Waals surface area contributed by atoms with Crippen LogP contribution in [0.1, 0.15) is 39.2 Å². The molecule has 0 radical (unpaired) electrons.